The predicted molar refractivity (Wildman–Crippen MR) is 366 cm³/mol. The van der Waals surface area contributed by atoms with E-state index < -0.39 is 250 Å². The van der Waals surface area contributed by atoms with Crippen molar-refractivity contribution < 1.29 is 696 Å². The first-order valence-electron chi connectivity index (χ1n) is 29.3. The minimum Gasteiger partial charge on any atom is -0.810 e. The maximum absolute atomic E-state index is 10.7. The molecule has 12 radical (unpaired) electrons. The van der Waals surface area contributed by atoms with Gasteiger partial charge in [0.25, 0.3) is 0 Å². The van der Waals surface area contributed by atoms with Crippen LogP contribution in [0.5, 0.6) is 0 Å². The second-order valence-electron chi connectivity index (χ2n) is 23.1. The molecule has 0 atom stereocenters. The van der Waals surface area contributed by atoms with Gasteiger partial charge in [0.2, 0.25) is 26.3 Å². The van der Waals surface area contributed by atoms with Gasteiger partial charge >= 0.3 is 399 Å². The molecule has 0 aliphatic heterocycles. The molecule has 0 aromatic heterocycles. The van der Waals surface area contributed by atoms with Gasteiger partial charge in [0.1, 0.15) is 0 Å². The SMILES string of the molecule is O=P([O-])([O-])C(P(=O)([O-])[O-])(P(=O)(O)O)P(=O)(O)O.O=P([O-])([O-])C(P(=O)([O-])[O-])(P(=O)(O)O)P(=O)(O)O.O=P([O-])([O-])C(P(=O)([O-])[O-])(P(=O)(O)O)P(=O)(O)O.O=P([O-])([O-])C(P(=O)([O-])[O-])(P(=O)(O)O)P(=O)(O)O.O=P([O-])([O-])C(P(=O)([O-])[O-])(P(=O)(O)O)P(=O)(O)O.O=P([O-])([O-])C(P(=O)([O-])[O-])(P(=O)(O)O)P(=O)(O)O.[K+].[K+].[K+].[K+].[K+].[K+].[N]CCN(CC[N])CP(=O)([O-])[O-].[N]CCN(CC[N])CP(=O)([O-])[O-].[N]CCN(CC[N])CP(=O)([O-])[O-]. The molecular formula is C21H54K6N9O81P27-24. The van der Waals surface area contributed by atoms with Gasteiger partial charge in [0.05, 0.1) is 0 Å². The topological polar surface area (TPSA) is 1780 Å². The molecule has 24 N–H and O–H groups in total. The Balaban J connectivity index is -0.0000000998. The third-order valence-corrected chi connectivity index (χ3v) is 87.7. The summed E-state index contributed by atoms with van der Waals surface area (Å²) < 4.78 is 252. The van der Waals surface area contributed by atoms with Gasteiger partial charge in [0, 0.05) is 97.4 Å². The average Bonchev–Trinajstić information content (AvgIpc) is 0.730. The molecule has 0 aliphatic carbocycles. The van der Waals surface area contributed by atoms with Crippen molar-refractivity contribution in [3.05, 3.63) is 0 Å². The Kier molecular flexibility index (Phi) is 90.0. The number of hydrogen-bond acceptors (Lipinski definition) is 60. The van der Waals surface area contributed by atoms with E-state index in [2.05, 4.69) is 0 Å². The van der Waals surface area contributed by atoms with Gasteiger partial charge in [0.15, 0.2) is 0 Å². The van der Waals surface area contributed by atoms with Gasteiger partial charge in [-0.2, -0.15) is 0 Å². The van der Waals surface area contributed by atoms with Gasteiger partial charge in [-0.15, -0.1) is 34.4 Å². The summed E-state index contributed by atoms with van der Waals surface area (Å²) in [6.45, 7) is -0.946. The second kappa shape index (κ2) is 68.2. The smallest absolute Gasteiger partial charge is 0.810 e. The van der Waals surface area contributed by atoms with Gasteiger partial charge in [-0.25, -0.2) is 0 Å². The minimum absolute atomic E-state index is 0. The van der Waals surface area contributed by atoms with Crippen LogP contribution in [0.3, 0.4) is 0 Å². The zero-order valence-corrected chi connectivity index (χ0v) is 113. The van der Waals surface area contributed by atoms with E-state index in [0.717, 1.165) is 0 Å². The van der Waals surface area contributed by atoms with E-state index in [9.17, 15) is 270 Å². The van der Waals surface area contributed by atoms with Crippen LogP contribution >= 0.6 is 205 Å². The first-order chi connectivity index (χ1) is 58.5. The van der Waals surface area contributed by atoms with E-state index in [1.807, 2.05) is 0 Å². The Labute approximate surface area is 1060 Å². The molecule has 123 heteroatoms. The van der Waals surface area contributed by atoms with E-state index in [1.165, 1.54) is 14.7 Å². The first kappa shape index (κ1) is 190. The molecule has 0 aromatic carbocycles. The Morgan fingerprint density at radius 2 is 0.201 bits per heavy atom. The van der Waals surface area contributed by atoms with Crippen molar-refractivity contribution >= 4 is 205 Å². The third kappa shape index (κ3) is 53.9. The molecule has 90 nitrogen and oxygen atoms in total. The normalized spacial score (nSPS) is 14.4. The van der Waals surface area contributed by atoms with Crippen molar-refractivity contribution in [2.45, 2.75) is 26.3 Å². The standard InChI is InChI=1S/3C5H12N3O3P.6CH8O12P4.6K/c3*6-1-3-8(4-2-7)5-12(9,10)11;6*2-14(3,4)1(15(5,6)7,16(8,9)10)17(11,12)13;;;;;;/h3*1-5H2,(H2,9,10,11);6*(H2,2,3,4)(H2,5,6,7)(H2,8,9,10)(H2,11,12,13);;;;;;/q;;;;;;;;;6*+1/p-30. The summed E-state index contributed by atoms with van der Waals surface area (Å²) in [5, 5.41) is 0. The molecule has 0 aliphatic rings. The third-order valence-electron chi connectivity index (χ3n) is 12.7. The van der Waals surface area contributed by atoms with E-state index in [0.29, 0.717) is 0 Å². The maximum Gasteiger partial charge on any atom is 1.00 e. The zero-order chi connectivity index (χ0) is 116. The minimum atomic E-state index is -7.19. The quantitative estimate of drug-likeness (QED) is 0.0199. The van der Waals surface area contributed by atoms with Crippen molar-refractivity contribution in [2.75, 3.05) is 97.4 Å². The van der Waals surface area contributed by atoms with Crippen LogP contribution in [0, 0.1) is 0 Å². The van der Waals surface area contributed by atoms with Gasteiger partial charge < -0.3 is 333 Å². The van der Waals surface area contributed by atoms with E-state index in [4.69, 9.17) is 152 Å². The first-order valence-corrected chi connectivity index (χ1v) is 72.3. The largest absolute Gasteiger partial charge is 1.00 e. The fraction of sp³-hybridized carbons (Fsp3) is 1.00. The molecule has 0 saturated heterocycles. The molecule has 0 unspecified atom stereocenters. The van der Waals surface area contributed by atoms with Crippen LogP contribution in [0.4, 0.5) is 0 Å². The van der Waals surface area contributed by atoms with Gasteiger partial charge in [-0.3, -0.25) is 69.5 Å². The molecule has 0 saturated carbocycles. The Morgan fingerprint density at radius 3 is 0.222 bits per heavy atom. The summed E-state index contributed by atoms with van der Waals surface area (Å²) in [4.78, 5) is 519. The van der Waals surface area contributed by atoms with Crippen LogP contribution in [0.2, 0.25) is 0 Å². The molecule has 144 heavy (non-hydrogen) atoms. The maximum atomic E-state index is 10.7. The van der Waals surface area contributed by atoms with Crippen molar-refractivity contribution in [2.24, 2.45) is 0 Å². The predicted octanol–water partition coefficient (Wildman–Crippen LogP) is -51.4. The fourth-order valence-corrected chi connectivity index (χ4v) is 56.4. The van der Waals surface area contributed by atoms with Crippen LogP contribution in [-0.2, 0) is 123 Å². The summed E-state index contributed by atoms with van der Waals surface area (Å²) in [6, 6.07) is 0. The molecule has 834 valence electrons. The molecule has 0 rings (SSSR count). The van der Waals surface area contributed by atoms with Gasteiger partial charge in [-0.1, -0.05) is 22.8 Å². The van der Waals surface area contributed by atoms with Crippen molar-refractivity contribution in [3.8, 4) is 0 Å². The zero-order valence-electron chi connectivity index (χ0n) is 69.7. The Hall–Kier alpha value is 13.5. The second-order valence-corrected chi connectivity index (χ2v) is 81.4. The average molecular weight is 2800 g/mol. The van der Waals surface area contributed by atoms with Crippen LogP contribution in [0.1, 0.15) is 0 Å². The van der Waals surface area contributed by atoms with Crippen molar-refractivity contribution in [3.63, 3.8) is 0 Å². The van der Waals surface area contributed by atoms with Crippen LogP contribution in [0.15, 0.2) is 0 Å². The molecule has 0 spiro atoms. The molecule has 0 fully saturated rings. The number of hydrogen-bond donors (Lipinski definition) is 24. The Bertz CT molecular complexity index is 4060. The molecule has 0 aromatic rings. The van der Waals surface area contributed by atoms with E-state index in [1.54, 1.807) is 0 Å². The summed E-state index contributed by atoms with van der Waals surface area (Å²) in [5.41, 5.74) is 50.7. The van der Waals surface area contributed by atoms with Gasteiger partial charge in [-0.05, 0) is 91.1 Å². The van der Waals surface area contributed by atoms with Crippen LogP contribution < -0.4 is 490 Å². The summed E-state index contributed by atoms with van der Waals surface area (Å²) in [6.07, 6.45) is -1.93. The molecular weight excluding hydrogens is 2750 g/mol. The van der Waals surface area contributed by atoms with E-state index in [-0.39, 0.29) is 387 Å². The number of rotatable bonds is 42. The summed E-state index contributed by atoms with van der Waals surface area (Å²) in [7, 11) is -182. The molecule has 0 amide bonds. The van der Waals surface area contributed by atoms with Crippen molar-refractivity contribution in [1.29, 1.82) is 0 Å². The van der Waals surface area contributed by atoms with Crippen LogP contribution in [0.25, 0.3) is 0 Å². The van der Waals surface area contributed by atoms with E-state index >= 15 is 0 Å². The molecule has 0 heterocycles. The monoisotopic (exact) mass is 2800 g/mol. The summed E-state index contributed by atoms with van der Waals surface area (Å²) in [5.74, 6) is 0. The number of nitrogens with zero attached hydrogens (tertiary/aromatic N) is 9. The van der Waals surface area contributed by atoms with Crippen molar-refractivity contribution in [1.82, 2.24) is 49.1 Å². The summed E-state index contributed by atoms with van der Waals surface area (Å²) >= 11 is 0. The fourth-order valence-electron chi connectivity index (χ4n) is 8.09. The molecule has 0 bridgehead atoms. The van der Waals surface area contributed by atoms with Crippen LogP contribution in [-0.4, -0.2) is 256 Å². The Morgan fingerprint density at radius 1 is 0.146 bits per heavy atom.